The van der Waals surface area contributed by atoms with Crippen LogP contribution in [0.25, 0.3) is 0 Å². The summed E-state index contributed by atoms with van der Waals surface area (Å²) < 4.78 is 28.6. The number of aromatic nitrogens is 1. The Kier molecular flexibility index (Phi) is 5.98. The van der Waals surface area contributed by atoms with Crippen LogP contribution >= 0.6 is 11.3 Å². The van der Waals surface area contributed by atoms with Crippen LogP contribution in [0.2, 0.25) is 0 Å². The zero-order valence-electron chi connectivity index (χ0n) is 12.6. The fraction of sp³-hybridized carbons (Fsp3) is 0.769. The lowest BCUT2D eigenvalue weighted by Gasteiger charge is -2.17. The number of hydrogen-bond donors (Lipinski definition) is 1. The van der Waals surface area contributed by atoms with E-state index in [9.17, 15) is 8.42 Å². The van der Waals surface area contributed by atoms with Gasteiger partial charge in [0.1, 0.15) is 0 Å². The second-order valence-electron chi connectivity index (χ2n) is 5.07. The molecule has 8 heteroatoms. The number of thiazole rings is 1. The van der Waals surface area contributed by atoms with E-state index in [0.29, 0.717) is 19.6 Å². The molecule has 0 atom stereocenters. The fourth-order valence-corrected chi connectivity index (χ4v) is 4.62. The Bertz CT molecular complexity index is 557. The van der Waals surface area contributed by atoms with Crippen LogP contribution in [0.3, 0.4) is 0 Å². The number of hydrogen-bond acceptors (Lipinski definition) is 7. The van der Waals surface area contributed by atoms with Crippen molar-refractivity contribution < 1.29 is 13.2 Å². The number of nitrogens with one attached hydrogen (secondary N) is 1. The van der Waals surface area contributed by atoms with Crippen LogP contribution in [-0.2, 0) is 27.7 Å². The quantitative estimate of drug-likeness (QED) is 0.838. The van der Waals surface area contributed by atoms with E-state index in [-0.39, 0.29) is 11.5 Å². The summed E-state index contributed by atoms with van der Waals surface area (Å²) in [7, 11) is -1.23. The van der Waals surface area contributed by atoms with E-state index in [1.165, 1.54) is 4.88 Å². The maximum absolute atomic E-state index is 11.7. The van der Waals surface area contributed by atoms with Crippen LogP contribution in [0.4, 0.5) is 5.13 Å². The predicted octanol–water partition coefficient (Wildman–Crippen LogP) is 1.02. The van der Waals surface area contributed by atoms with E-state index in [0.717, 1.165) is 30.5 Å². The van der Waals surface area contributed by atoms with E-state index >= 15 is 0 Å². The van der Waals surface area contributed by atoms with Gasteiger partial charge >= 0.3 is 0 Å². The molecule has 1 aliphatic heterocycles. The van der Waals surface area contributed by atoms with Crippen molar-refractivity contribution in [2.75, 3.05) is 43.1 Å². The molecule has 0 saturated carbocycles. The van der Waals surface area contributed by atoms with E-state index in [4.69, 9.17) is 4.74 Å². The highest BCUT2D eigenvalue weighted by Crippen LogP contribution is 2.28. The minimum Gasteiger partial charge on any atom is -0.378 e. The van der Waals surface area contributed by atoms with E-state index in [1.54, 1.807) is 18.4 Å². The van der Waals surface area contributed by atoms with Gasteiger partial charge in [0.25, 0.3) is 0 Å². The molecule has 0 bridgehead atoms. The van der Waals surface area contributed by atoms with Crippen LogP contribution in [0.15, 0.2) is 0 Å². The minimum absolute atomic E-state index is 0.217. The highest BCUT2D eigenvalue weighted by Gasteiger charge is 2.22. The highest BCUT2D eigenvalue weighted by atomic mass is 32.2. The van der Waals surface area contributed by atoms with Crippen LogP contribution in [0.1, 0.15) is 23.9 Å². The van der Waals surface area contributed by atoms with E-state index < -0.39 is 9.84 Å². The van der Waals surface area contributed by atoms with Gasteiger partial charge in [0.15, 0.2) is 15.0 Å². The molecule has 1 aromatic heterocycles. The summed E-state index contributed by atoms with van der Waals surface area (Å²) in [6.07, 6.45) is 0.671. The van der Waals surface area contributed by atoms with Crippen LogP contribution < -0.4 is 10.2 Å². The van der Waals surface area contributed by atoms with Crippen molar-refractivity contribution in [3.05, 3.63) is 10.6 Å². The van der Waals surface area contributed by atoms with Gasteiger partial charge in [-0.05, 0) is 13.0 Å². The molecule has 1 aromatic rings. The summed E-state index contributed by atoms with van der Waals surface area (Å²) in [6, 6.07) is 0. The third-order valence-corrected chi connectivity index (χ3v) is 6.28. The van der Waals surface area contributed by atoms with E-state index in [2.05, 4.69) is 22.1 Å². The predicted molar refractivity (Wildman–Crippen MR) is 85.7 cm³/mol. The molecular formula is C13H23N3O3S2. The largest absolute Gasteiger partial charge is 0.378 e. The van der Waals surface area contributed by atoms with Crippen molar-refractivity contribution in [3.63, 3.8) is 0 Å². The molecule has 0 spiro atoms. The molecule has 0 aromatic carbocycles. The molecule has 1 aliphatic rings. The van der Waals surface area contributed by atoms with Gasteiger partial charge in [-0.25, -0.2) is 13.4 Å². The summed E-state index contributed by atoms with van der Waals surface area (Å²) in [5.41, 5.74) is 0.950. The van der Waals surface area contributed by atoms with Crippen LogP contribution in [-0.4, -0.2) is 51.7 Å². The molecule has 0 radical (unpaired) electrons. The van der Waals surface area contributed by atoms with Gasteiger partial charge in [0.2, 0.25) is 0 Å². The number of methoxy groups -OCH3 is 1. The summed E-state index contributed by atoms with van der Waals surface area (Å²) >= 11 is 1.63. The third kappa shape index (κ3) is 4.64. The standard InChI is InChI=1S/C13H23N3O3S2/c1-3-14-9-12-11(10-19-2)15-13(20-12)16-5-4-7-21(17,18)8-6-16/h14H,3-10H2,1-2H3. The molecular weight excluding hydrogens is 310 g/mol. The van der Waals surface area contributed by atoms with Gasteiger partial charge in [0.05, 0.1) is 23.8 Å². The van der Waals surface area contributed by atoms with E-state index in [1.807, 2.05) is 0 Å². The maximum Gasteiger partial charge on any atom is 0.185 e. The van der Waals surface area contributed by atoms with Gasteiger partial charge in [-0.3, -0.25) is 0 Å². The highest BCUT2D eigenvalue weighted by molar-refractivity contribution is 7.91. The second kappa shape index (κ2) is 7.53. The number of nitrogens with zero attached hydrogens (tertiary/aromatic N) is 2. The van der Waals surface area contributed by atoms with Gasteiger partial charge in [-0.1, -0.05) is 6.92 Å². The smallest absolute Gasteiger partial charge is 0.185 e. The molecule has 0 amide bonds. The maximum atomic E-state index is 11.7. The van der Waals surface area contributed by atoms with Crippen molar-refractivity contribution in [3.8, 4) is 0 Å². The topological polar surface area (TPSA) is 71.5 Å². The molecule has 120 valence electrons. The zero-order valence-corrected chi connectivity index (χ0v) is 14.2. The first-order chi connectivity index (χ1) is 10.1. The van der Waals surface area contributed by atoms with Crippen molar-refractivity contribution in [1.82, 2.24) is 10.3 Å². The Morgan fingerprint density at radius 3 is 2.90 bits per heavy atom. The molecule has 6 nitrogen and oxygen atoms in total. The van der Waals surface area contributed by atoms with Crippen molar-refractivity contribution in [1.29, 1.82) is 0 Å². The van der Waals surface area contributed by atoms with Crippen molar-refractivity contribution >= 4 is 26.3 Å². The molecule has 1 N–H and O–H groups in total. The zero-order chi connectivity index (χ0) is 15.3. The van der Waals surface area contributed by atoms with Gasteiger partial charge < -0.3 is 15.0 Å². The number of rotatable bonds is 6. The Balaban J connectivity index is 2.15. The molecule has 1 fully saturated rings. The van der Waals surface area contributed by atoms with Gasteiger partial charge in [-0.15, -0.1) is 11.3 Å². The average molecular weight is 333 g/mol. The lowest BCUT2D eigenvalue weighted by atomic mass is 10.3. The lowest BCUT2D eigenvalue weighted by molar-refractivity contribution is 0.181. The van der Waals surface area contributed by atoms with Gasteiger partial charge in [-0.2, -0.15) is 0 Å². The first-order valence-corrected chi connectivity index (χ1v) is 9.83. The molecule has 1 saturated heterocycles. The van der Waals surface area contributed by atoms with Crippen molar-refractivity contribution in [2.45, 2.75) is 26.5 Å². The van der Waals surface area contributed by atoms with Crippen molar-refractivity contribution in [2.24, 2.45) is 0 Å². The number of ether oxygens (including phenoxy) is 1. The summed E-state index contributed by atoms with van der Waals surface area (Å²) in [5, 5.41) is 4.21. The summed E-state index contributed by atoms with van der Waals surface area (Å²) in [5.74, 6) is 0.499. The number of anilines is 1. The Labute approximate surface area is 130 Å². The van der Waals surface area contributed by atoms with Crippen LogP contribution in [0, 0.1) is 0 Å². The lowest BCUT2D eigenvalue weighted by Crippen LogP contribution is -2.26. The first-order valence-electron chi connectivity index (χ1n) is 7.19. The SMILES string of the molecule is CCNCc1sc(N2CCCS(=O)(=O)CC2)nc1COC. The third-order valence-electron chi connectivity index (χ3n) is 3.41. The molecule has 2 heterocycles. The molecule has 2 rings (SSSR count). The molecule has 0 aliphatic carbocycles. The minimum atomic E-state index is -2.89. The van der Waals surface area contributed by atoms with Crippen LogP contribution in [0.5, 0.6) is 0 Å². The molecule has 21 heavy (non-hydrogen) atoms. The monoisotopic (exact) mass is 333 g/mol. The molecule has 0 unspecified atom stereocenters. The average Bonchev–Trinajstić information content (AvgIpc) is 2.74. The normalized spacial score (nSPS) is 18.7. The Hall–Kier alpha value is -0.700. The summed E-state index contributed by atoms with van der Waals surface area (Å²) in [4.78, 5) is 7.91. The summed E-state index contributed by atoms with van der Waals surface area (Å²) in [6.45, 7) is 5.52. The fourth-order valence-electron chi connectivity index (χ4n) is 2.26. The Morgan fingerprint density at radius 1 is 1.38 bits per heavy atom. The second-order valence-corrected chi connectivity index (χ2v) is 8.44. The number of sulfone groups is 1. The van der Waals surface area contributed by atoms with Gasteiger partial charge in [0, 0.05) is 31.6 Å². The Morgan fingerprint density at radius 2 is 2.19 bits per heavy atom. The first kappa shape index (κ1) is 16.7.